The summed E-state index contributed by atoms with van der Waals surface area (Å²) in [5.74, 6) is 0.429. The SMILES string of the molecule is COc1c(Br)cc(Br)cc1/C=C/C(=O)Nc1ccccc1-c1nc2ccccc2s1. The Morgan fingerprint density at radius 1 is 1.10 bits per heavy atom. The van der Waals surface area contributed by atoms with E-state index in [0.717, 1.165) is 35.3 Å². The van der Waals surface area contributed by atoms with Crippen molar-refractivity contribution in [1.82, 2.24) is 4.98 Å². The molecule has 1 aromatic heterocycles. The molecule has 0 bridgehead atoms. The molecule has 4 nitrogen and oxygen atoms in total. The van der Waals surface area contributed by atoms with E-state index in [-0.39, 0.29) is 5.91 Å². The Balaban J connectivity index is 1.60. The summed E-state index contributed by atoms with van der Waals surface area (Å²) in [7, 11) is 1.60. The Kier molecular flexibility index (Phi) is 6.32. The van der Waals surface area contributed by atoms with Gasteiger partial charge in [0.1, 0.15) is 10.8 Å². The highest BCUT2D eigenvalue weighted by Crippen LogP contribution is 2.35. The van der Waals surface area contributed by atoms with E-state index < -0.39 is 0 Å². The van der Waals surface area contributed by atoms with Gasteiger partial charge < -0.3 is 10.1 Å². The second kappa shape index (κ2) is 9.12. The lowest BCUT2D eigenvalue weighted by Crippen LogP contribution is -2.08. The highest BCUT2D eigenvalue weighted by molar-refractivity contribution is 9.11. The Bertz CT molecular complexity index is 1230. The third-order valence-corrected chi connectivity index (χ3v) is 6.48. The number of ether oxygens (including phenoxy) is 1. The van der Waals surface area contributed by atoms with Crippen molar-refractivity contribution >= 4 is 71.1 Å². The van der Waals surface area contributed by atoms with Gasteiger partial charge in [-0.2, -0.15) is 0 Å². The van der Waals surface area contributed by atoms with Gasteiger partial charge >= 0.3 is 0 Å². The summed E-state index contributed by atoms with van der Waals surface area (Å²) in [6.07, 6.45) is 3.22. The summed E-state index contributed by atoms with van der Waals surface area (Å²) in [5.41, 5.74) is 3.34. The van der Waals surface area contributed by atoms with E-state index >= 15 is 0 Å². The molecule has 0 spiro atoms. The number of nitrogens with zero attached hydrogens (tertiary/aromatic N) is 1. The summed E-state index contributed by atoms with van der Waals surface area (Å²) >= 11 is 8.54. The molecule has 0 saturated heterocycles. The molecule has 1 N–H and O–H groups in total. The molecule has 0 fully saturated rings. The van der Waals surface area contributed by atoms with Crippen molar-refractivity contribution in [3.8, 4) is 16.3 Å². The molecule has 4 rings (SSSR count). The van der Waals surface area contributed by atoms with Crippen LogP contribution in [-0.2, 0) is 4.79 Å². The van der Waals surface area contributed by atoms with Crippen molar-refractivity contribution in [2.45, 2.75) is 0 Å². The number of halogens is 2. The van der Waals surface area contributed by atoms with E-state index in [1.807, 2.05) is 60.7 Å². The molecule has 1 amide bonds. The number of rotatable bonds is 5. The minimum absolute atomic E-state index is 0.235. The van der Waals surface area contributed by atoms with Crippen LogP contribution in [0.5, 0.6) is 5.75 Å². The zero-order valence-corrected chi connectivity index (χ0v) is 19.8. The molecule has 0 unspecified atom stereocenters. The van der Waals surface area contributed by atoms with Crippen LogP contribution >= 0.6 is 43.2 Å². The number of carbonyl (C=O) groups is 1. The van der Waals surface area contributed by atoms with Gasteiger partial charge in [0.05, 0.1) is 27.5 Å². The van der Waals surface area contributed by atoms with Crippen LogP contribution in [0.4, 0.5) is 5.69 Å². The molecule has 0 aliphatic heterocycles. The standard InChI is InChI=1S/C23H16Br2N2O2S/c1-29-22-14(12-15(24)13-17(22)25)10-11-21(28)26-18-7-3-2-6-16(18)23-27-19-8-4-5-9-20(19)30-23/h2-13H,1H3,(H,26,28)/b11-10+. The number of anilines is 1. The fraction of sp³-hybridized carbons (Fsp3) is 0.0435. The molecule has 3 aromatic carbocycles. The van der Waals surface area contributed by atoms with Gasteiger partial charge in [-0.05, 0) is 58.4 Å². The van der Waals surface area contributed by atoms with Crippen molar-refractivity contribution in [2.24, 2.45) is 0 Å². The van der Waals surface area contributed by atoms with Gasteiger partial charge in [0.25, 0.3) is 0 Å². The molecular weight excluding hydrogens is 528 g/mol. The maximum atomic E-state index is 12.6. The Morgan fingerprint density at radius 2 is 1.87 bits per heavy atom. The fourth-order valence-corrected chi connectivity index (χ4v) is 5.45. The number of nitrogens with one attached hydrogen (secondary N) is 1. The maximum absolute atomic E-state index is 12.6. The number of para-hydroxylation sites is 2. The molecule has 0 radical (unpaired) electrons. The van der Waals surface area contributed by atoms with E-state index in [9.17, 15) is 4.79 Å². The third-order valence-electron chi connectivity index (χ3n) is 4.36. The van der Waals surface area contributed by atoms with Gasteiger partial charge in [-0.1, -0.05) is 40.2 Å². The van der Waals surface area contributed by atoms with Crippen molar-refractivity contribution in [3.05, 3.63) is 81.2 Å². The molecule has 4 aromatic rings. The molecule has 150 valence electrons. The fourth-order valence-electron chi connectivity index (χ4n) is 3.03. The monoisotopic (exact) mass is 542 g/mol. The maximum Gasteiger partial charge on any atom is 0.248 e. The van der Waals surface area contributed by atoms with Crippen LogP contribution in [-0.4, -0.2) is 18.0 Å². The average molecular weight is 544 g/mol. The predicted octanol–water partition coefficient (Wildman–Crippen LogP) is 7.15. The number of aromatic nitrogens is 1. The first kappa shape index (κ1) is 20.8. The molecule has 0 aliphatic rings. The van der Waals surface area contributed by atoms with Gasteiger partial charge in [-0.15, -0.1) is 11.3 Å². The van der Waals surface area contributed by atoms with E-state index in [1.54, 1.807) is 24.5 Å². The number of thiazole rings is 1. The predicted molar refractivity (Wildman–Crippen MR) is 131 cm³/mol. The van der Waals surface area contributed by atoms with Gasteiger partial charge in [-0.25, -0.2) is 4.98 Å². The number of hydrogen-bond acceptors (Lipinski definition) is 4. The van der Waals surface area contributed by atoms with Gasteiger partial charge in [0, 0.05) is 21.7 Å². The van der Waals surface area contributed by atoms with Crippen LogP contribution in [0, 0.1) is 0 Å². The van der Waals surface area contributed by atoms with Crippen molar-refractivity contribution in [1.29, 1.82) is 0 Å². The van der Waals surface area contributed by atoms with Gasteiger partial charge in [-0.3, -0.25) is 4.79 Å². The zero-order valence-electron chi connectivity index (χ0n) is 15.9. The van der Waals surface area contributed by atoms with Crippen LogP contribution in [0.25, 0.3) is 26.9 Å². The first-order chi connectivity index (χ1) is 14.5. The molecule has 1 heterocycles. The average Bonchev–Trinajstić information content (AvgIpc) is 3.16. The highest BCUT2D eigenvalue weighted by Gasteiger charge is 2.12. The zero-order chi connectivity index (χ0) is 21.1. The van der Waals surface area contributed by atoms with Gasteiger partial charge in [0.2, 0.25) is 5.91 Å². The minimum atomic E-state index is -0.235. The van der Waals surface area contributed by atoms with Crippen LogP contribution in [0.2, 0.25) is 0 Å². The Hall–Kier alpha value is -2.48. The first-order valence-corrected chi connectivity index (χ1v) is 11.4. The van der Waals surface area contributed by atoms with E-state index in [1.165, 1.54) is 6.08 Å². The lowest BCUT2D eigenvalue weighted by molar-refractivity contribution is -0.111. The van der Waals surface area contributed by atoms with Crippen LogP contribution in [0.1, 0.15) is 5.56 Å². The molecule has 0 atom stereocenters. The van der Waals surface area contributed by atoms with E-state index in [4.69, 9.17) is 9.72 Å². The summed E-state index contributed by atoms with van der Waals surface area (Å²) in [6.45, 7) is 0. The second-order valence-corrected chi connectivity index (χ2v) is 9.17. The van der Waals surface area contributed by atoms with Crippen LogP contribution in [0.15, 0.2) is 75.7 Å². The topological polar surface area (TPSA) is 51.2 Å². The quantitative estimate of drug-likeness (QED) is 0.272. The molecule has 0 saturated carbocycles. The molecule has 30 heavy (non-hydrogen) atoms. The smallest absolute Gasteiger partial charge is 0.248 e. The van der Waals surface area contributed by atoms with Crippen LogP contribution < -0.4 is 10.1 Å². The molecular formula is C23H16Br2N2O2S. The second-order valence-electron chi connectivity index (χ2n) is 6.36. The summed E-state index contributed by atoms with van der Waals surface area (Å²) in [4.78, 5) is 17.3. The first-order valence-electron chi connectivity index (χ1n) is 9.02. The minimum Gasteiger partial charge on any atom is -0.495 e. The van der Waals surface area contributed by atoms with Crippen molar-refractivity contribution in [2.75, 3.05) is 12.4 Å². The van der Waals surface area contributed by atoms with Gasteiger partial charge in [0.15, 0.2) is 0 Å². The highest BCUT2D eigenvalue weighted by atomic mass is 79.9. The number of methoxy groups -OCH3 is 1. The number of hydrogen-bond donors (Lipinski definition) is 1. The summed E-state index contributed by atoms with van der Waals surface area (Å²) in [6, 6.07) is 19.5. The van der Waals surface area contributed by atoms with E-state index in [2.05, 4.69) is 37.2 Å². The summed E-state index contributed by atoms with van der Waals surface area (Å²) in [5, 5.41) is 3.84. The van der Waals surface area contributed by atoms with E-state index in [0.29, 0.717) is 11.4 Å². The number of fused-ring (bicyclic) bond motifs is 1. The lowest BCUT2D eigenvalue weighted by Gasteiger charge is -2.09. The summed E-state index contributed by atoms with van der Waals surface area (Å²) < 4.78 is 8.23. The molecule has 7 heteroatoms. The number of benzene rings is 3. The lowest BCUT2D eigenvalue weighted by atomic mass is 10.1. The Morgan fingerprint density at radius 3 is 2.67 bits per heavy atom. The third kappa shape index (κ3) is 4.48. The molecule has 0 aliphatic carbocycles. The number of amides is 1. The van der Waals surface area contributed by atoms with Crippen molar-refractivity contribution in [3.63, 3.8) is 0 Å². The van der Waals surface area contributed by atoms with Crippen molar-refractivity contribution < 1.29 is 9.53 Å². The van der Waals surface area contributed by atoms with Crippen LogP contribution in [0.3, 0.4) is 0 Å². The number of carbonyl (C=O) groups excluding carboxylic acids is 1. The largest absolute Gasteiger partial charge is 0.495 e. The Labute approximate surface area is 194 Å². The normalized spacial score (nSPS) is 11.2.